The van der Waals surface area contributed by atoms with Gasteiger partial charge in [-0.3, -0.25) is 4.79 Å². The first kappa shape index (κ1) is 10.6. The molecule has 0 aliphatic carbocycles. The van der Waals surface area contributed by atoms with E-state index in [4.69, 9.17) is 17.3 Å². The fourth-order valence-electron chi connectivity index (χ4n) is 0.961. The number of aromatic nitrogens is 1. The Morgan fingerprint density at radius 1 is 1.71 bits per heavy atom. The summed E-state index contributed by atoms with van der Waals surface area (Å²) >= 11 is 5.52. The van der Waals surface area contributed by atoms with E-state index in [1.165, 1.54) is 6.07 Å². The van der Waals surface area contributed by atoms with E-state index in [1.807, 2.05) is 0 Å². The molecule has 1 aromatic rings. The SMILES string of the molecule is CCOC(=O)c1c(N)cc(Cl)[nH]c1=O. The van der Waals surface area contributed by atoms with E-state index in [9.17, 15) is 9.59 Å². The van der Waals surface area contributed by atoms with Crippen LogP contribution in [-0.2, 0) is 4.74 Å². The molecule has 0 saturated carbocycles. The summed E-state index contributed by atoms with van der Waals surface area (Å²) in [6.45, 7) is 1.82. The van der Waals surface area contributed by atoms with Gasteiger partial charge in [0, 0.05) is 0 Å². The van der Waals surface area contributed by atoms with E-state index in [0.29, 0.717) is 0 Å². The Bertz CT molecular complexity index is 414. The van der Waals surface area contributed by atoms with Gasteiger partial charge in [0.1, 0.15) is 10.7 Å². The van der Waals surface area contributed by atoms with Crippen molar-refractivity contribution in [3.05, 3.63) is 27.1 Å². The van der Waals surface area contributed by atoms with Crippen LogP contribution in [0.1, 0.15) is 17.3 Å². The summed E-state index contributed by atoms with van der Waals surface area (Å²) in [7, 11) is 0. The van der Waals surface area contributed by atoms with Gasteiger partial charge in [0.25, 0.3) is 5.56 Å². The lowest BCUT2D eigenvalue weighted by atomic mass is 10.2. The van der Waals surface area contributed by atoms with Gasteiger partial charge in [-0.2, -0.15) is 0 Å². The monoisotopic (exact) mass is 216 g/mol. The molecular formula is C8H9ClN2O3. The molecule has 6 heteroatoms. The fraction of sp³-hybridized carbons (Fsp3) is 0.250. The molecule has 0 aliphatic rings. The quantitative estimate of drug-likeness (QED) is 0.565. The molecule has 0 bridgehead atoms. The lowest BCUT2D eigenvalue weighted by Crippen LogP contribution is -2.21. The predicted octanol–water partition coefficient (Wildman–Crippen LogP) is 0.787. The van der Waals surface area contributed by atoms with Gasteiger partial charge >= 0.3 is 5.97 Å². The van der Waals surface area contributed by atoms with Crippen molar-refractivity contribution in [1.82, 2.24) is 4.98 Å². The number of anilines is 1. The number of pyridine rings is 1. The zero-order valence-corrected chi connectivity index (χ0v) is 8.22. The van der Waals surface area contributed by atoms with Gasteiger partial charge in [0.2, 0.25) is 0 Å². The first-order valence-corrected chi connectivity index (χ1v) is 4.29. The third-order valence-electron chi connectivity index (χ3n) is 1.51. The normalized spacial score (nSPS) is 9.86. The number of H-pyrrole nitrogens is 1. The lowest BCUT2D eigenvalue weighted by Gasteiger charge is -2.03. The summed E-state index contributed by atoms with van der Waals surface area (Å²) < 4.78 is 4.65. The molecule has 3 N–H and O–H groups in total. The smallest absolute Gasteiger partial charge is 0.345 e. The van der Waals surface area contributed by atoms with Crippen molar-refractivity contribution in [1.29, 1.82) is 0 Å². The Kier molecular flexibility index (Phi) is 3.14. The second-order valence-corrected chi connectivity index (χ2v) is 2.90. The molecule has 1 aromatic heterocycles. The average molecular weight is 217 g/mol. The topological polar surface area (TPSA) is 85.2 Å². The van der Waals surface area contributed by atoms with E-state index in [1.54, 1.807) is 6.92 Å². The highest BCUT2D eigenvalue weighted by Gasteiger charge is 2.16. The Balaban J connectivity index is 3.21. The lowest BCUT2D eigenvalue weighted by molar-refractivity contribution is 0.0525. The van der Waals surface area contributed by atoms with Crippen molar-refractivity contribution in [3.63, 3.8) is 0 Å². The Morgan fingerprint density at radius 3 is 2.86 bits per heavy atom. The van der Waals surface area contributed by atoms with Gasteiger partial charge in [0.05, 0.1) is 12.3 Å². The van der Waals surface area contributed by atoms with Crippen LogP contribution < -0.4 is 11.3 Å². The Morgan fingerprint density at radius 2 is 2.36 bits per heavy atom. The number of rotatable bonds is 2. The van der Waals surface area contributed by atoms with Crippen LogP contribution in [0.3, 0.4) is 0 Å². The molecule has 0 atom stereocenters. The van der Waals surface area contributed by atoms with Gasteiger partial charge in [-0.05, 0) is 13.0 Å². The van der Waals surface area contributed by atoms with Crippen molar-refractivity contribution >= 4 is 23.3 Å². The number of carbonyl (C=O) groups is 1. The molecule has 76 valence electrons. The maximum atomic E-state index is 11.3. The van der Waals surface area contributed by atoms with Crippen molar-refractivity contribution in [2.45, 2.75) is 6.92 Å². The number of hydrogen-bond donors (Lipinski definition) is 2. The molecular weight excluding hydrogens is 208 g/mol. The molecule has 5 nitrogen and oxygen atoms in total. The zero-order valence-electron chi connectivity index (χ0n) is 7.46. The van der Waals surface area contributed by atoms with Gasteiger partial charge < -0.3 is 15.5 Å². The average Bonchev–Trinajstić information content (AvgIpc) is 2.01. The zero-order chi connectivity index (χ0) is 10.7. The second kappa shape index (κ2) is 4.15. The summed E-state index contributed by atoms with van der Waals surface area (Å²) in [6, 6.07) is 1.29. The highest BCUT2D eigenvalue weighted by molar-refractivity contribution is 6.29. The molecule has 0 amide bonds. The van der Waals surface area contributed by atoms with Crippen LogP contribution in [0, 0.1) is 0 Å². The second-order valence-electron chi connectivity index (χ2n) is 2.50. The number of hydrogen-bond acceptors (Lipinski definition) is 4. The number of ether oxygens (including phenoxy) is 1. The standard InChI is InChI=1S/C8H9ClN2O3/c1-2-14-8(13)6-4(10)3-5(9)11-7(6)12/h3H,2H2,1H3,(H3,10,11,12). The number of nitrogens with two attached hydrogens (primary N) is 1. The van der Waals surface area contributed by atoms with Crippen LogP contribution >= 0.6 is 11.6 Å². The van der Waals surface area contributed by atoms with Crippen LogP contribution in [0.4, 0.5) is 5.69 Å². The fourth-order valence-corrected chi connectivity index (χ4v) is 1.16. The minimum atomic E-state index is -0.747. The summed E-state index contributed by atoms with van der Waals surface area (Å²) in [5, 5.41) is 0.0838. The van der Waals surface area contributed by atoms with Crippen molar-refractivity contribution in [2.75, 3.05) is 12.3 Å². The Labute approximate surface area is 84.8 Å². The molecule has 0 aromatic carbocycles. The van der Waals surface area contributed by atoms with E-state index in [0.717, 1.165) is 0 Å². The maximum absolute atomic E-state index is 11.3. The highest BCUT2D eigenvalue weighted by Crippen LogP contribution is 2.12. The molecule has 0 saturated heterocycles. The number of halogens is 1. The summed E-state index contributed by atoms with van der Waals surface area (Å²) in [5.41, 5.74) is 4.60. The van der Waals surface area contributed by atoms with E-state index < -0.39 is 11.5 Å². The number of esters is 1. The number of nitrogens with one attached hydrogen (secondary N) is 1. The largest absolute Gasteiger partial charge is 0.462 e. The molecule has 0 aliphatic heterocycles. The summed E-state index contributed by atoms with van der Waals surface area (Å²) in [6.07, 6.45) is 0. The molecule has 0 unspecified atom stereocenters. The van der Waals surface area contributed by atoms with Gasteiger partial charge in [-0.25, -0.2) is 4.79 Å². The minimum Gasteiger partial charge on any atom is -0.462 e. The molecule has 0 spiro atoms. The molecule has 0 radical (unpaired) electrons. The van der Waals surface area contributed by atoms with Crippen molar-refractivity contribution in [2.24, 2.45) is 0 Å². The Hall–Kier alpha value is -1.49. The van der Waals surface area contributed by atoms with E-state index >= 15 is 0 Å². The molecule has 1 heterocycles. The number of aromatic amines is 1. The van der Waals surface area contributed by atoms with Crippen LogP contribution in [0.2, 0.25) is 5.15 Å². The minimum absolute atomic E-state index is 0.0113. The molecule has 0 fully saturated rings. The highest BCUT2D eigenvalue weighted by atomic mass is 35.5. The van der Waals surface area contributed by atoms with E-state index in [-0.39, 0.29) is 23.0 Å². The third kappa shape index (κ3) is 2.05. The van der Waals surface area contributed by atoms with Gasteiger partial charge in [0.15, 0.2) is 0 Å². The molecule has 1 rings (SSSR count). The van der Waals surface area contributed by atoms with Crippen LogP contribution in [0.25, 0.3) is 0 Å². The van der Waals surface area contributed by atoms with Crippen molar-refractivity contribution < 1.29 is 9.53 Å². The third-order valence-corrected chi connectivity index (χ3v) is 1.71. The van der Waals surface area contributed by atoms with Gasteiger partial charge in [-0.15, -0.1) is 0 Å². The number of carbonyl (C=O) groups excluding carboxylic acids is 1. The predicted molar refractivity (Wildman–Crippen MR) is 52.4 cm³/mol. The summed E-state index contributed by atoms with van der Waals surface area (Å²) in [5.74, 6) is -0.747. The van der Waals surface area contributed by atoms with Crippen LogP contribution in [-0.4, -0.2) is 17.6 Å². The van der Waals surface area contributed by atoms with Crippen LogP contribution in [0.15, 0.2) is 10.9 Å². The number of nitrogen functional groups attached to an aromatic ring is 1. The van der Waals surface area contributed by atoms with Crippen molar-refractivity contribution in [3.8, 4) is 0 Å². The maximum Gasteiger partial charge on any atom is 0.345 e. The van der Waals surface area contributed by atoms with E-state index in [2.05, 4.69) is 9.72 Å². The van der Waals surface area contributed by atoms with Crippen LogP contribution in [0.5, 0.6) is 0 Å². The first-order chi connectivity index (χ1) is 6.56. The molecule has 14 heavy (non-hydrogen) atoms. The van der Waals surface area contributed by atoms with Gasteiger partial charge in [-0.1, -0.05) is 11.6 Å². The summed E-state index contributed by atoms with van der Waals surface area (Å²) in [4.78, 5) is 24.7. The first-order valence-electron chi connectivity index (χ1n) is 3.91.